The molecule has 0 atom stereocenters. The minimum Gasteiger partial charge on any atom is -0.325 e. The Hall–Kier alpha value is -2.18. The number of nitrogens with one attached hydrogen (secondary N) is 1. The van der Waals surface area contributed by atoms with Gasteiger partial charge in [-0.05, 0) is 35.1 Å². The van der Waals surface area contributed by atoms with Gasteiger partial charge in [0.05, 0.1) is 12.8 Å². The highest BCUT2D eigenvalue weighted by Gasteiger charge is 2.23. The molecule has 2 rings (SSSR count). The molecule has 0 saturated carbocycles. The zero-order valence-electron chi connectivity index (χ0n) is 16.6. The Morgan fingerprint density at radius 3 is 2.22 bits per heavy atom. The molecule has 2 aromatic carbocycles. The molecule has 2 aromatic rings. The van der Waals surface area contributed by atoms with E-state index in [0.29, 0.717) is 5.69 Å². The molecule has 0 unspecified atom stereocenters. The summed E-state index contributed by atoms with van der Waals surface area (Å²) in [5.41, 5.74) is 3.44. The Bertz CT molecular complexity index is 915. The maximum Gasteiger partial charge on any atom is 0.239 e. The number of amides is 1. The average molecular weight is 389 g/mol. The van der Waals surface area contributed by atoms with Gasteiger partial charge in [0.15, 0.2) is 0 Å². The van der Waals surface area contributed by atoms with E-state index in [1.54, 1.807) is 0 Å². The molecule has 27 heavy (non-hydrogen) atoms. The van der Waals surface area contributed by atoms with E-state index < -0.39 is 10.0 Å². The Kier molecular flexibility index (Phi) is 6.44. The van der Waals surface area contributed by atoms with Crippen LogP contribution in [0, 0.1) is 6.92 Å². The van der Waals surface area contributed by atoms with Crippen LogP contribution in [0.3, 0.4) is 0 Å². The molecule has 0 fully saturated rings. The maximum atomic E-state index is 12.6. The highest BCUT2D eigenvalue weighted by Crippen LogP contribution is 2.29. The molecule has 0 aliphatic rings. The van der Waals surface area contributed by atoms with Crippen molar-refractivity contribution in [2.24, 2.45) is 0 Å². The monoisotopic (exact) mass is 388 g/mol. The van der Waals surface area contributed by atoms with Crippen LogP contribution in [-0.4, -0.2) is 31.4 Å². The molecule has 0 radical (unpaired) electrons. The van der Waals surface area contributed by atoms with E-state index in [-0.39, 0.29) is 24.4 Å². The minimum atomic E-state index is -3.53. The van der Waals surface area contributed by atoms with E-state index in [4.69, 9.17) is 0 Å². The molecule has 0 aromatic heterocycles. The summed E-state index contributed by atoms with van der Waals surface area (Å²) in [6, 6.07) is 15.2. The Balaban J connectivity index is 2.20. The second kappa shape index (κ2) is 8.23. The lowest BCUT2D eigenvalue weighted by molar-refractivity contribution is -0.116. The molecular weight excluding hydrogens is 360 g/mol. The molecule has 1 amide bonds. The third kappa shape index (κ3) is 5.91. The van der Waals surface area contributed by atoms with Gasteiger partial charge in [0, 0.05) is 12.2 Å². The van der Waals surface area contributed by atoms with Crippen molar-refractivity contribution in [1.82, 2.24) is 4.31 Å². The van der Waals surface area contributed by atoms with Crippen molar-refractivity contribution < 1.29 is 13.2 Å². The zero-order valence-corrected chi connectivity index (χ0v) is 17.4. The van der Waals surface area contributed by atoms with Gasteiger partial charge in [-0.15, -0.1) is 0 Å². The van der Waals surface area contributed by atoms with Crippen molar-refractivity contribution in [3.8, 4) is 0 Å². The summed E-state index contributed by atoms with van der Waals surface area (Å²) >= 11 is 0. The van der Waals surface area contributed by atoms with Gasteiger partial charge in [0.2, 0.25) is 15.9 Å². The third-order valence-corrected chi connectivity index (χ3v) is 5.60. The number of carbonyl (C=O) groups is 1. The fourth-order valence-corrected chi connectivity index (χ4v) is 3.59. The van der Waals surface area contributed by atoms with Gasteiger partial charge in [-0.1, -0.05) is 63.2 Å². The van der Waals surface area contributed by atoms with E-state index in [9.17, 15) is 13.2 Å². The highest BCUT2D eigenvalue weighted by molar-refractivity contribution is 7.88. The topological polar surface area (TPSA) is 66.5 Å². The van der Waals surface area contributed by atoms with Crippen molar-refractivity contribution in [3.05, 3.63) is 65.2 Å². The molecule has 6 heteroatoms. The second-order valence-electron chi connectivity index (χ2n) is 7.80. The summed E-state index contributed by atoms with van der Waals surface area (Å²) in [4.78, 5) is 12.6. The van der Waals surface area contributed by atoms with Crippen LogP contribution in [-0.2, 0) is 26.8 Å². The number of para-hydroxylation sites is 1. The van der Waals surface area contributed by atoms with Crippen LogP contribution in [0.5, 0.6) is 0 Å². The summed E-state index contributed by atoms with van der Waals surface area (Å²) in [6.45, 7) is 8.07. The van der Waals surface area contributed by atoms with Crippen LogP contribution >= 0.6 is 0 Å². The highest BCUT2D eigenvalue weighted by atomic mass is 32.2. The van der Waals surface area contributed by atoms with Gasteiger partial charge in [-0.25, -0.2) is 8.42 Å². The largest absolute Gasteiger partial charge is 0.325 e. The first-order chi connectivity index (χ1) is 12.5. The minimum absolute atomic E-state index is 0.137. The number of nitrogens with zero attached hydrogens (tertiary/aromatic N) is 1. The van der Waals surface area contributed by atoms with Gasteiger partial charge in [0.25, 0.3) is 0 Å². The van der Waals surface area contributed by atoms with Crippen LogP contribution in [0.4, 0.5) is 5.69 Å². The second-order valence-corrected chi connectivity index (χ2v) is 9.78. The fourth-order valence-electron chi connectivity index (χ4n) is 2.86. The van der Waals surface area contributed by atoms with E-state index in [0.717, 1.165) is 22.9 Å². The molecular formula is C21H28N2O3S. The number of anilines is 1. The molecule has 0 spiro atoms. The van der Waals surface area contributed by atoms with Crippen LogP contribution in [0.25, 0.3) is 0 Å². The van der Waals surface area contributed by atoms with E-state index in [1.807, 2.05) is 55.5 Å². The van der Waals surface area contributed by atoms with Gasteiger partial charge in [-0.3, -0.25) is 4.79 Å². The summed E-state index contributed by atoms with van der Waals surface area (Å²) in [6.07, 6.45) is 1.13. The van der Waals surface area contributed by atoms with Crippen LogP contribution in [0.15, 0.2) is 48.5 Å². The molecule has 0 bridgehead atoms. The van der Waals surface area contributed by atoms with Crippen LogP contribution < -0.4 is 5.32 Å². The Labute approximate surface area is 162 Å². The maximum absolute atomic E-state index is 12.6. The molecule has 146 valence electrons. The quantitative estimate of drug-likeness (QED) is 0.821. The molecule has 0 heterocycles. The van der Waals surface area contributed by atoms with Crippen LogP contribution in [0.1, 0.15) is 37.5 Å². The smallest absolute Gasteiger partial charge is 0.239 e. The lowest BCUT2D eigenvalue weighted by Gasteiger charge is -2.24. The van der Waals surface area contributed by atoms with Gasteiger partial charge in [-0.2, -0.15) is 4.31 Å². The van der Waals surface area contributed by atoms with E-state index in [2.05, 4.69) is 26.1 Å². The van der Waals surface area contributed by atoms with Crippen LogP contribution in [0.2, 0.25) is 0 Å². The van der Waals surface area contributed by atoms with E-state index in [1.165, 1.54) is 4.31 Å². The van der Waals surface area contributed by atoms with Gasteiger partial charge in [0.1, 0.15) is 0 Å². The van der Waals surface area contributed by atoms with Crippen molar-refractivity contribution in [2.75, 3.05) is 18.1 Å². The summed E-state index contributed by atoms with van der Waals surface area (Å²) < 4.78 is 25.6. The first-order valence-corrected chi connectivity index (χ1v) is 10.7. The Morgan fingerprint density at radius 2 is 1.63 bits per heavy atom. The average Bonchev–Trinajstić information content (AvgIpc) is 2.54. The SMILES string of the molecule is Cc1ccccc1CN(CC(=O)Nc1ccccc1C(C)(C)C)S(C)(=O)=O. The first-order valence-electron chi connectivity index (χ1n) is 8.87. The van der Waals surface area contributed by atoms with E-state index >= 15 is 0 Å². The van der Waals surface area contributed by atoms with Gasteiger partial charge < -0.3 is 5.32 Å². The number of carbonyl (C=O) groups excluding carboxylic acids is 1. The summed E-state index contributed by atoms with van der Waals surface area (Å²) in [5.74, 6) is -0.356. The number of benzene rings is 2. The Morgan fingerprint density at radius 1 is 1.04 bits per heavy atom. The lowest BCUT2D eigenvalue weighted by atomic mass is 9.86. The van der Waals surface area contributed by atoms with Crippen molar-refractivity contribution in [1.29, 1.82) is 0 Å². The number of aryl methyl sites for hydroxylation is 1. The van der Waals surface area contributed by atoms with Crippen molar-refractivity contribution in [3.63, 3.8) is 0 Å². The lowest BCUT2D eigenvalue weighted by Crippen LogP contribution is -2.37. The number of rotatable bonds is 6. The molecule has 0 aliphatic heterocycles. The van der Waals surface area contributed by atoms with Gasteiger partial charge >= 0.3 is 0 Å². The number of sulfonamides is 1. The number of hydrogen-bond acceptors (Lipinski definition) is 3. The third-order valence-electron chi connectivity index (χ3n) is 4.41. The predicted molar refractivity (Wildman–Crippen MR) is 110 cm³/mol. The molecule has 0 aliphatic carbocycles. The zero-order chi connectivity index (χ0) is 20.2. The fraction of sp³-hybridized carbons (Fsp3) is 0.381. The molecule has 5 nitrogen and oxygen atoms in total. The first kappa shape index (κ1) is 21.1. The molecule has 0 saturated heterocycles. The van der Waals surface area contributed by atoms with Crippen molar-refractivity contribution in [2.45, 2.75) is 39.7 Å². The summed E-state index contributed by atoms with van der Waals surface area (Å²) in [5, 5.41) is 2.87. The predicted octanol–water partition coefficient (Wildman–Crippen LogP) is 3.69. The van der Waals surface area contributed by atoms with Crippen molar-refractivity contribution >= 4 is 21.6 Å². The summed E-state index contributed by atoms with van der Waals surface area (Å²) in [7, 11) is -3.53. The molecule has 1 N–H and O–H groups in total. The standard InChI is InChI=1S/C21H28N2O3S/c1-16-10-6-7-11-17(16)14-23(27(5,25)26)15-20(24)22-19-13-9-8-12-18(19)21(2,3)4/h6-13H,14-15H2,1-5H3,(H,22,24). The normalized spacial score (nSPS) is 12.2. The number of hydrogen-bond donors (Lipinski definition) is 1.